The minimum atomic E-state index is -0.944. The fourth-order valence-corrected chi connectivity index (χ4v) is 1.57. The summed E-state index contributed by atoms with van der Waals surface area (Å²) in [6.45, 7) is 2.39. The van der Waals surface area contributed by atoms with Crippen LogP contribution < -0.4 is 10.9 Å². The van der Waals surface area contributed by atoms with Crippen LogP contribution in [-0.4, -0.2) is 40.7 Å². The fourth-order valence-electron chi connectivity index (χ4n) is 1.33. The number of methoxy groups -OCH3 is 1. The van der Waals surface area contributed by atoms with Gasteiger partial charge in [-0.05, 0) is 6.92 Å². The van der Waals surface area contributed by atoms with Crippen LogP contribution in [0.25, 0.3) is 0 Å². The quantitative estimate of drug-likeness (QED) is 0.796. The van der Waals surface area contributed by atoms with Crippen molar-refractivity contribution >= 4 is 17.3 Å². The first kappa shape index (κ1) is 14.9. The molecule has 1 aromatic rings. The molecule has 0 fully saturated rings. The van der Waals surface area contributed by atoms with Crippen LogP contribution in [0.4, 0.5) is 5.69 Å². The Balaban J connectivity index is 2.69. The van der Waals surface area contributed by atoms with Crippen molar-refractivity contribution in [3.63, 3.8) is 0 Å². The Bertz CT molecular complexity index is 459. The summed E-state index contributed by atoms with van der Waals surface area (Å²) in [5, 5.41) is 16.9. The van der Waals surface area contributed by atoms with Gasteiger partial charge in [-0.15, -0.1) is 0 Å². The Hall–Kier alpha value is -1.11. The van der Waals surface area contributed by atoms with E-state index >= 15 is 0 Å². The van der Waals surface area contributed by atoms with E-state index in [2.05, 4.69) is 10.4 Å². The number of aryl methyl sites for hydroxylation is 1. The summed E-state index contributed by atoms with van der Waals surface area (Å²) in [7, 11) is 3.10. The highest BCUT2D eigenvalue weighted by molar-refractivity contribution is 6.32. The van der Waals surface area contributed by atoms with Gasteiger partial charge >= 0.3 is 0 Å². The van der Waals surface area contributed by atoms with Crippen LogP contribution in [0, 0.1) is 0 Å². The molecule has 0 bridgehead atoms. The molecule has 0 spiro atoms. The molecule has 0 aliphatic rings. The number of hydrogen-bond acceptors (Lipinski definition) is 5. The number of aromatic nitrogens is 2. The zero-order valence-corrected chi connectivity index (χ0v) is 11.5. The largest absolute Gasteiger partial charge is 0.388 e. The minimum Gasteiger partial charge on any atom is -0.388 e. The van der Waals surface area contributed by atoms with Gasteiger partial charge in [0.25, 0.3) is 5.56 Å². The molecule has 0 radical (unpaired) electrons. The van der Waals surface area contributed by atoms with Gasteiger partial charge in [0.1, 0.15) is 5.02 Å². The predicted octanol–water partition coefficient (Wildman–Crippen LogP) is 0.633. The predicted molar refractivity (Wildman–Crippen MR) is 70.1 cm³/mol. The van der Waals surface area contributed by atoms with Crippen molar-refractivity contribution in [1.82, 2.24) is 9.78 Å². The van der Waals surface area contributed by atoms with Crippen molar-refractivity contribution in [2.45, 2.75) is 18.9 Å². The maximum absolute atomic E-state index is 11.5. The lowest BCUT2D eigenvalue weighted by Gasteiger charge is -2.24. The Kier molecular flexibility index (Phi) is 5.13. The average Bonchev–Trinajstić information content (AvgIpc) is 2.33. The van der Waals surface area contributed by atoms with Crippen LogP contribution in [0.3, 0.4) is 0 Å². The molecule has 0 saturated carbocycles. The van der Waals surface area contributed by atoms with Crippen molar-refractivity contribution in [3.05, 3.63) is 21.6 Å². The van der Waals surface area contributed by atoms with E-state index < -0.39 is 5.60 Å². The van der Waals surface area contributed by atoms with Crippen molar-refractivity contribution in [3.8, 4) is 0 Å². The van der Waals surface area contributed by atoms with E-state index in [9.17, 15) is 9.90 Å². The molecule has 0 aliphatic carbocycles. The van der Waals surface area contributed by atoms with E-state index in [-0.39, 0.29) is 17.1 Å². The second kappa shape index (κ2) is 6.17. The van der Waals surface area contributed by atoms with E-state index in [0.29, 0.717) is 18.7 Å². The summed E-state index contributed by atoms with van der Waals surface area (Å²) < 4.78 is 6.06. The number of rotatable bonds is 6. The summed E-state index contributed by atoms with van der Waals surface area (Å²) in [6, 6.07) is 0. The standard InChI is InChI=1S/C11H18ClN3O3/c1-11(17,4-5-18-3)7-13-8-6-14-15(2)10(16)9(8)12/h6,13,17H,4-5,7H2,1-3H3. The third-order valence-corrected chi connectivity index (χ3v) is 2.95. The summed E-state index contributed by atoms with van der Waals surface area (Å²) in [5.41, 5.74) is -0.906. The maximum atomic E-state index is 11.5. The summed E-state index contributed by atoms with van der Waals surface area (Å²) in [4.78, 5) is 11.5. The molecule has 0 aliphatic heterocycles. The normalized spacial score (nSPS) is 14.3. The molecule has 1 heterocycles. The maximum Gasteiger partial charge on any atom is 0.287 e. The molecule has 0 aromatic carbocycles. The second-order valence-electron chi connectivity index (χ2n) is 4.39. The van der Waals surface area contributed by atoms with E-state index in [1.54, 1.807) is 14.0 Å². The van der Waals surface area contributed by atoms with Crippen LogP contribution >= 0.6 is 11.6 Å². The molecule has 0 amide bonds. The first-order valence-electron chi connectivity index (χ1n) is 5.54. The highest BCUT2D eigenvalue weighted by atomic mass is 35.5. The molecule has 1 unspecified atom stereocenters. The van der Waals surface area contributed by atoms with Crippen LogP contribution in [0.5, 0.6) is 0 Å². The van der Waals surface area contributed by atoms with Gasteiger partial charge in [-0.1, -0.05) is 11.6 Å². The van der Waals surface area contributed by atoms with Gasteiger partial charge in [-0.25, -0.2) is 4.68 Å². The van der Waals surface area contributed by atoms with Crippen molar-refractivity contribution < 1.29 is 9.84 Å². The van der Waals surface area contributed by atoms with Gasteiger partial charge in [0.05, 0.1) is 17.5 Å². The molecule has 6 nitrogen and oxygen atoms in total. The lowest BCUT2D eigenvalue weighted by atomic mass is 10.0. The molecule has 0 saturated heterocycles. The Labute approximate surface area is 111 Å². The Morgan fingerprint density at radius 3 is 2.94 bits per heavy atom. The lowest BCUT2D eigenvalue weighted by molar-refractivity contribution is 0.0357. The van der Waals surface area contributed by atoms with Gasteiger partial charge in [-0.3, -0.25) is 4.79 Å². The van der Waals surface area contributed by atoms with E-state index in [0.717, 1.165) is 4.68 Å². The second-order valence-corrected chi connectivity index (χ2v) is 4.77. The number of ether oxygens (including phenoxy) is 1. The topological polar surface area (TPSA) is 76.4 Å². The Morgan fingerprint density at radius 2 is 2.33 bits per heavy atom. The SMILES string of the molecule is COCCC(C)(O)CNc1cnn(C)c(=O)c1Cl. The van der Waals surface area contributed by atoms with E-state index in [1.807, 2.05) is 0 Å². The summed E-state index contributed by atoms with van der Waals surface area (Å²) >= 11 is 5.89. The zero-order valence-electron chi connectivity index (χ0n) is 10.7. The molecule has 1 aromatic heterocycles. The number of hydrogen-bond donors (Lipinski definition) is 2. The highest BCUT2D eigenvalue weighted by Gasteiger charge is 2.20. The lowest BCUT2D eigenvalue weighted by Crippen LogP contribution is -2.35. The number of nitrogens with zero attached hydrogens (tertiary/aromatic N) is 2. The number of anilines is 1. The molecule has 2 N–H and O–H groups in total. The van der Waals surface area contributed by atoms with Crippen molar-refractivity contribution in [2.24, 2.45) is 7.05 Å². The number of halogens is 1. The summed E-state index contributed by atoms with van der Waals surface area (Å²) in [6.07, 6.45) is 1.93. The van der Waals surface area contributed by atoms with Gasteiger partial charge in [-0.2, -0.15) is 5.10 Å². The smallest absolute Gasteiger partial charge is 0.287 e. The van der Waals surface area contributed by atoms with Gasteiger partial charge < -0.3 is 15.2 Å². The summed E-state index contributed by atoms with van der Waals surface area (Å²) in [5.74, 6) is 0. The fraction of sp³-hybridized carbons (Fsp3) is 0.636. The van der Waals surface area contributed by atoms with Crippen molar-refractivity contribution in [1.29, 1.82) is 0 Å². The number of aliphatic hydroxyl groups is 1. The van der Waals surface area contributed by atoms with Gasteiger partial charge in [0.15, 0.2) is 0 Å². The first-order chi connectivity index (χ1) is 8.37. The third-order valence-electron chi connectivity index (χ3n) is 2.58. The molecule has 1 atom stereocenters. The molecular formula is C11H18ClN3O3. The third kappa shape index (κ3) is 3.97. The number of nitrogens with one attached hydrogen (secondary N) is 1. The van der Waals surface area contributed by atoms with Crippen LogP contribution in [0.1, 0.15) is 13.3 Å². The van der Waals surface area contributed by atoms with Crippen LogP contribution in [0.2, 0.25) is 5.02 Å². The van der Waals surface area contributed by atoms with Gasteiger partial charge in [0, 0.05) is 33.7 Å². The highest BCUT2D eigenvalue weighted by Crippen LogP contribution is 2.17. The molecule has 7 heteroatoms. The van der Waals surface area contributed by atoms with E-state index in [1.165, 1.54) is 13.2 Å². The van der Waals surface area contributed by atoms with Gasteiger partial charge in [0.2, 0.25) is 0 Å². The molecule has 102 valence electrons. The molecular weight excluding hydrogens is 258 g/mol. The first-order valence-corrected chi connectivity index (χ1v) is 5.92. The molecule has 1 rings (SSSR count). The van der Waals surface area contributed by atoms with E-state index in [4.69, 9.17) is 16.3 Å². The monoisotopic (exact) mass is 275 g/mol. The van der Waals surface area contributed by atoms with Crippen LogP contribution in [-0.2, 0) is 11.8 Å². The van der Waals surface area contributed by atoms with Crippen LogP contribution in [0.15, 0.2) is 11.0 Å². The minimum absolute atomic E-state index is 0.0649. The van der Waals surface area contributed by atoms with Crippen molar-refractivity contribution in [2.75, 3.05) is 25.6 Å². The zero-order chi connectivity index (χ0) is 13.8. The average molecular weight is 276 g/mol. The molecule has 18 heavy (non-hydrogen) atoms. The Morgan fingerprint density at radius 1 is 1.67 bits per heavy atom.